The van der Waals surface area contributed by atoms with Gasteiger partial charge in [-0.3, -0.25) is 9.59 Å². The molecular weight excluding hydrogens is 314 g/mol. The molecule has 0 aliphatic rings. The van der Waals surface area contributed by atoms with Gasteiger partial charge in [0.15, 0.2) is 5.69 Å². The van der Waals surface area contributed by atoms with Crippen LogP contribution >= 0.6 is 11.3 Å². The number of rotatable bonds is 6. The molecule has 2 aromatic rings. The number of thiophene rings is 1. The maximum absolute atomic E-state index is 12.0. The summed E-state index contributed by atoms with van der Waals surface area (Å²) >= 11 is 1.49. The van der Waals surface area contributed by atoms with Gasteiger partial charge in [-0.25, -0.2) is 4.98 Å². The summed E-state index contributed by atoms with van der Waals surface area (Å²) in [6.45, 7) is 4.61. The number of aromatic hydroxyl groups is 1. The SMILES string of the molecule is CCc1sc(C(=O)NCCNC(=O)c2ncccc2O)cc1C. The van der Waals surface area contributed by atoms with E-state index in [-0.39, 0.29) is 23.9 Å². The van der Waals surface area contributed by atoms with E-state index in [4.69, 9.17) is 0 Å². The summed E-state index contributed by atoms with van der Waals surface area (Å²) < 4.78 is 0. The Morgan fingerprint density at radius 3 is 2.57 bits per heavy atom. The van der Waals surface area contributed by atoms with E-state index in [1.165, 1.54) is 28.5 Å². The number of nitrogens with zero attached hydrogens (tertiary/aromatic N) is 1. The molecule has 3 N–H and O–H groups in total. The van der Waals surface area contributed by atoms with Crippen molar-refractivity contribution >= 4 is 23.2 Å². The van der Waals surface area contributed by atoms with E-state index in [2.05, 4.69) is 22.5 Å². The van der Waals surface area contributed by atoms with Crippen molar-refractivity contribution < 1.29 is 14.7 Å². The van der Waals surface area contributed by atoms with Gasteiger partial charge in [0.1, 0.15) is 5.75 Å². The van der Waals surface area contributed by atoms with Crippen molar-refractivity contribution in [1.82, 2.24) is 15.6 Å². The maximum Gasteiger partial charge on any atom is 0.273 e. The molecule has 7 heteroatoms. The number of aromatic nitrogens is 1. The summed E-state index contributed by atoms with van der Waals surface area (Å²) in [5, 5.41) is 14.9. The van der Waals surface area contributed by atoms with Gasteiger partial charge in [0.05, 0.1) is 4.88 Å². The molecule has 0 aromatic carbocycles. The second-order valence-corrected chi connectivity index (χ2v) is 6.09. The van der Waals surface area contributed by atoms with E-state index in [1.54, 1.807) is 6.07 Å². The first-order chi connectivity index (χ1) is 11.0. The van der Waals surface area contributed by atoms with Crippen molar-refractivity contribution in [3.8, 4) is 5.75 Å². The van der Waals surface area contributed by atoms with Gasteiger partial charge in [-0.05, 0) is 37.1 Å². The molecule has 0 bridgehead atoms. The predicted molar refractivity (Wildman–Crippen MR) is 89.0 cm³/mol. The molecule has 0 radical (unpaired) electrons. The Balaban J connectivity index is 1.80. The topological polar surface area (TPSA) is 91.3 Å². The average molecular weight is 333 g/mol. The smallest absolute Gasteiger partial charge is 0.273 e. The van der Waals surface area contributed by atoms with Gasteiger partial charge in [-0.1, -0.05) is 6.92 Å². The van der Waals surface area contributed by atoms with Crippen molar-refractivity contribution in [3.05, 3.63) is 45.4 Å². The number of pyridine rings is 1. The van der Waals surface area contributed by atoms with Crippen molar-refractivity contribution in [3.63, 3.8) is 0 Å². The fourth-order valence-corrected chi connectivity index (χ4v) is 3.11. The lowest BCUT2D eigenvalue weighted by Crippen LogP contribution is -2.34. The summed E-state index contributed by atoms with van der Waals surface area (Å²) in [4.78, 5) is 29.5. The second kappa shape index (κ2) is 7.73. The first kappa shape index (κ1) is 17.0. The van der Waals surface area contributed by atoms with Crippen LogP contribution in [0.1, 0.15) is 37.5 Å². The van der Waals surface area contributed by atoms with Crippen LogP contribution in [0.25, 0.3) is 0 Å². The van der Waals surface area contributed by atoms with Gasteiger partial charge in [0.25, 0.3) is 11.8 Å². The molecule has 0 atom stereocenters. The van der Waals surface area contributed by atoms with E-state index in [0.717, 1.165) is 12.0 Å². The molecule has 2 heterocycles. The molecule has 2 rings (SSSR count). The number of nitrogens with one attached hydrogen (secondary N) is 2. The average Bonchev–Trinajstić information content (AvgIpc) is 2.92. The minimum Gasteiger partial charge on any atom is -0.505 e. The molecule has 6 nitrogen and oxygen atoms in total. The van der Waals surface area contributed by atoms with Crippen LogP contribution in [0.4, 0.5) is 0 Å². The summed E-state index contributed by atoms with van der Waals surface area (Å²) in [6.07, 6.45) is 2.34. The molecule has 122 valence electrons. The molecule has 2 aromatic heterocycles. The zero-order valence-electron chi connectivity index (χ0n) is 13.0. The number of hydrogen-bond donors (Lipinski definition) is 3. The van der Waals surface area contributed by atoms with Crippen LogP contribution in [0.3, 0.4) is 0 Å². The summed E-state index contributed by atoms with van der Waals surface area (Å²) in [7, 11) is 0. The van der Waals surface area contributed by atoms with Gasteiger partial charge in [-0.15, -0.1) is 11.3 Å². The van der Waals surface area contributed by atoms with Crippen molar-refractivity contribution in [2.24, 2.45) is 0 Å². The number of carbonyl (C=O) groups is 2. The van der Waals surface area contributed by atoms with E-state index < -0.39 is 5.91 Å². The van der Waals surface area contributed by atoms with E-state index >= 15 is 0 Å². The number of amides is 2. The molecule has 0 unspecified atom stereocenters. The number of aryl methyl sites for hydroxylation is 2. The summed E-state index contributed by atoms with van der Waals surface area (Å²) in [5.74, 6) is -0.791. The third-order valence-corrected chi connectivity index (χ3v) is 4.64. The molecule has 0 aliphatic carbocycles. The monoisotopic (exact) mass is 333 g/mol. The van der Waals surface area contributed by atoms with Crippen LogP contribution in [0.15, 0.2) is 24.4 Å². The van der Waals surface area contributed by atoms with Crippen molar-refractivity contribution in [2.45, 2.75) is 20.3 Å². The Hall–Kier alpha value is -2.41. The summed E-state index contributed by atoms with van der Waals surface area (Å²) in [5.41, 5.74) is 1.10. The largest absolute Gasteiger partial charge is 0.505 e. The normalized spacial score (nSPS) is 10.3. The van der Waals surface area contributed by atoms with E-state index in [1.807, 2.05) is 13.0 Å². The molecule has 0 spiro atoms. The second-order valence-electron chi connectivity index (χ2n) is 4.95. The van der Waals surface area contributed by atoms with Gasteiger partial charge in [0, 0.05) is 24.2 Å². The van der Waals surface area contributed by atoms with Crippen LogP contribution in [-0.2, 0) is 6.42 Å². The standard InChI is InChI=1S/C16H19N3O3S/c1-3-12-10(2)9-13(23-12)15(21)18-7-8-19-16(22)14-11(20)5-4-6-17-14/h4-6,9,20H,3,7-8H2,1-2H3,(H,18,21)(H,19,22). The van der Waals surface area contributed by atoms with Crippen molar-refractivity contribution in [2.75, 3.05) is 13.1 Å². The van der Waals surface area contributed by atoms with E-state index in [0.29, 0.717) is 11.4 Å². The molecule has 0 saturated heterocycles. The van der Waals surface area contributed by atoms with E-state index in [9.17, 15) is 14.7 Å². The fraction of sp³-hybridized carbons (Fsp3) is 0.312. The highest BCUT2D eigenvalue weighted by atomic mass is 32.1. The predicted octanol–water partition coefficient (Wildman–Crippen LogP) is 1.88. The number of carbonyl (C=O) groups excluding carboxylic acids is 2. The maximum atomic E-state index is 12.0. The summed E-state index contributed by atoms with van der Waals surface area (Å²) in [6, 6.07) is 4.82. The highest BCUT2D eigenvalue weighted by Gasteiger charge is 2.13. The Bertz CT molecular complexity index is 712. The zero-order chi connectivity index (χ0) is 16.8. The van der Waals surface area contributed by atoms with Crippen LogP contribution in [-0.4, -0.2) is 35.0 Å². The van der Waals surface area contributed by atoms with Gasteiger partial charge < -0.3 is 15.7 Å². The van der Waals surface area contributed by atoms with Crippen LogP contribution < -0.4 is 10.6 Å². The Labute approximate surface area is 138 Å². The zero-order valence-corrected chi connectivity index (χ0v) is 13.9. The molecule has 0 fully saturated rings. The first-order valence-corrected chi connectivity index (χ1v) is 8.14. The Morgan fingerprint density at radius 1 is 1.26 bits per heavy atom. The van der Waals surface area contributed by atoms with Crippen LogP contribution in [0, 0.1) is 6.92 Å². The fourth-order valence-electron chi connectivity index (χ4n) is 2.08. The lowest BCUT2D eigenvalue weighted by atomic mass is 10.2. The van der Waals surface area contributed by atoms with Crippen LogP contribution in [0.2, 0.25) is 0 Å². The molecule has 0 saturated carbocycles. The van der Waals surface area contributed by atoms with Gasteiger partial charge in [0.2, 0.25) is 0 Å². The Kier molecular flexibility index (Phi) is 5.70. The highest BCUT2D eigenvalue weighted by Crippen LogP contribution is 2.22. The highest BCUT2D eigenvalue weighted by molar-refractivity contribution is 7.14. The minimum absolute atomic E-state index is 0.0275. The third kappa shape index (κ3) is 4.29. The van der Waals surface area contributed by atoms with Crippen LogP contribution in [0.5, 0.6) is 5.75 Å². The Morgan fingerprint density at radius 2 is 1.96 bits per heavy atom. The first-order valence-electron chi connectivity index (χ1n) is 7.32. The minimum atomic E-state index is -0.474. The molecule has 0 aliphatic heterocycles. The lowest BCUT2D eigenvalue weighted by molar-refractivity contribution is 0.0925. The molecule has 2 amide bonds. The quantitative estimate of drug-likeness (QED) is 0.704. The lowest BCUT2D eigenvalue weighted by Gasteiger charge is -2.06. The molecule has 23 heavy (non-hydrogen) atoms. The van der Waals surface area contributed by atoms with Crippen molar-refractivity contribution in [1.29, 1.82) is 0 Å². The number of hydrogen-bond acceptors (Lipinski definition) is 5. The third-order valence-electron chi connectivity index (χ3n) is 3.26. The molecular formula is C16H19N3O3S. The van der Waals surface area contributed by atoms with Gasteiger partial charge in [-0.2, -0.15) is 0 Å². The van der Waals surface area contributed by atoms with Gasteiger partial charge >= 0.3 is 0 Å².